The van der Waals surface area contributed by atoms with E-state index in [1.165, 1.54) is 31.9 Å². The Morgan fingerprint density at radius 3 is 2.50 bits per heavy atom. The number of carbonyl (C=O) groups is 1. The van der Waals surface area contributed by atoms with Crippen molar-refractivity contribution in [2.75, 3.05) is 11.9 Å². The van der Waals surface area contributed by atoms with E-state index in [0.717, 1.165) is 12.2 Å². The molecule has 0 bridgehead atoms. The Labute approximate surface area is 148 Å². The van der Waals surface area contributed by atoms with Crippen LogP contribution < -0.4 is 10.1 Å². The average Bonchev–Trinajstić information content (AvgIpc) is 2.60. The van der Waals surface area contributed by atoms with Crippen LogP contribution in [0.15, 0.2) is 42.6 Å². The Balaban J connectivity index is 1.78. The monoisotopic (exact) mass is 346 g/mol. The summed E-state index contributed by atoms with van der Waals surface area (Å²) in [6.45, 7) is 2.92. The van der Waals surface area contributed by atoms with Gasteiger partial charge in [-0.1, -0.05) is 44.2 Å². The van der Waals surface area contributed by atoms with E-state index in [4.69, 9.17) is 16.3 Å². The first-order valence-electron chi connectivity index (χ1n) is 8.35. The quantitative estimate of drug-likeness (QED) is 0.492. The Kier molecular flexibility index (Phi) is 7.56. The van der Waals surface area contributed by atoms with E-state index in [2.05, 4.69) is 17.2 Å². The van der Waals surface area contributed by atoms with Crippen LogP contribution in [0.5, 0.6) is 5.75 Å². The zero-order chi connectivity index (χ0) is 17.2. The summed E-state index contributed by atoms with van der Waals surface area (Å²) in [6.07, 6.45) is 7.58. The Bertz CT molecular complexity index is 627. The highest BCUT2D eigenvalue weighted by Gasteiger charge is 2.06. The summed E-state index contributed by atoms with van der Waals surface area (Å²) in [5.41, 5.74) is 1.18. The fourth-order valence-electron chi connectivity index (χ4n) is 2.25. The number of unbranched alkanes of at least 4 members (excludes halogenated alkanes) is 4. The lowest BCUT2D eigenvalue weighted by atomic mass is 10.2. The molecular weight excluding hydrogens is 324 g/mol. The number of aromatic nitrogens is 1. The second-order valence-corrected chi connectivity index (χ2v) is 6.00. The third kappa shape index (κ3) is 6.20. The van der Waals surface area contributed by atoms with Gasteiger partial charge in [-0.2, -0.15) is 0 Å². The number of pyridine rings is 1. The normalized spacial score (nSPS) is 10.4. The van der Waals surface area contributed by atoms with Gasteiger partial charge < -0.3 is 10.1 Å². The van der Waals surface area contributed by atoms with Gasteiger partial charge in [0.1, 0.15) is 10.9 Å². The van der Waals surface area contributed by atoms with Gasteiger partial charge in [0.15, 0.2) is 0 Å². The minimum Gasteiger partial charge on any atom is -0.494 e. The molecule has 1 heterocycles. The first-order chi connectivity index (χ1) is 11.7. The molecule has 2 aromatic rings. The van der Waals surface area contributed by atoms with E-state index in [9.17, 15) is 4.79 Å². The van der Waals surface area contributed by atoms with Crippen LogP contribution in [-0.4, -0.2) is 17.5 Å². The van der Waals surface area contributed by atoms with Gasteiger partial charge in [0, 0.05) is 5.56 Å². The largest absolute Gasteiger partial charge is 0.494 e. The van der Waals surface area contributed by atoms with Crippen molar-refractivity contribution in [1.29, 1.82) is 0 Å². The second-order valence-electron chi connectivity index (χ2n) is 5.61. The number of nitrogens with zero attached hydrogens (tertiary/aromatic N) is 1. The molecule has 4 nitrogen and oxygen atoms in total. The van der Waals surface area contributed by atoms with Crippen LogP contribution in [0.4, 0.5) is 5.69 Å². The Morgan fingerprint density at radius 1 is 1.08 bits per heavy atom. The molecule has 0 radical (unpaired) electrons. The molecule has 0 aliphatic carbocycles. The van der Waals surface area contributed by atoms with Crippen molar-refractivity contribution in [3.8, 4) is 5.75 Å². The molecule has 1 N–H and O–H groups in total. The molecule has 1 aromatic carbocycles. The van der Waals surface area contributed by atoms with Crippen molar-refractivity contribution in [1.82, 2.24) is 4.98 Å². The summed E-state index contributed by atoms with van der Waals surface area (Å²) < 4.78 is 5.70. The molecule has 128 valence electrons. The van der Waals surface area contributed by atoms with E-state index in [1.807, 2.05) is 12.1 Å². The smallest absolute Gasteiger partial charge is 0.255 e. The molecule has 0 aliphatic rings. The standard InChI is InChI=1S/C19H23ClN2O2/c1-2-3-4-5-6-13-24-17-10-7-15(8-11-17)19(23)22-16-9-12-18(20)21-14-16/h7-12,14H,2-6,13H2,1H3,(H,22,23). The summed E-state index contributed by atoms with van der Waals surface area (Å²) in [4.78, 5) is 16.1. The number of hydrogen-bond acceptors (Lipinski definition) is 3. The van der Waals surface area contributed by atoms with Crippen molar-refractivity contribution in [3.05, 3.63) is 53.3 Å². The topological polar surface area (TPSA) is 51.2 Å². The maximum Gasteiger partial charge on any atom is 0.255 e. The molecule has 24 heavy (non-hydrogen) atoms. The van der Waals surface area contributed by atoms with E-state index in [1.54, 1.807) is 24.3 Å². The van der Waals surface area contributed by atoms with Gasteiger partial charge in [0.05, 0.1) is 18.5 Å². The average molecular weight is 347 g/mol. The van der Waals surface area contributed by atoms with Crippen molar-refractivity contribution in [2.45, 2.75) is 39.0 Å². The van der Waals surface area contributed by atoms with Crippen molar-refractivity contribution in [2.24, 2.45) is 0 Å². The zero-order valence-electron chi connectivity index (χ0n) is 13.9. The third-order valence-electron chi connectivity index (χ3n) is 3.62. The molecule has 0 aliphatic heterocycles. The van der Waals surface area contributed by atoms with Crippen molar-refractivity contribution >= 4 is 23.2 Å². The summed E-state index contributed by atoms with van der Waals surface area (Å²) in [5, 5.41) is 3.17. The van der Waals surface area contributed by atoms with Gasteiger partial charge >= 0.3 is 0 Å². The Hall–Kier alpha value is -2.07. The molecular formula is C19H23ClN2O2. The predicted molar refractivity (Wildman–Crippen MR) is 97.9 cm³/mol. The number of carbonyl (C=O) groups excluding carboxylic acids is 1. The van der Waals surface area contributed by atoms with Gasteiger partial charge in [-0.3, -0.25) is 4.79 Å². The molecule has 0 saturated heterocycles. The van der Waals surface area contributed by atoms with E-state index >= 15 is 0 Å². The van der Waals surface area contributed by atoms with Crippen LogP contribution in [-0.2, 0) is 0 Å². The maximum absolute atomic E-state index is 12.2. The molecule has 0 fully saturated rings. The predicted octanol–water partition coefficient (Wildman–Crippen LogP) is 5.34. The number of benzene rings is 1. The van der Waals surface area contributed by atoms with Crippen LogP contribution in [0.1, 0.15) is 49.4 Å². The maximum atomic E-state index is 12.2. The van der Waals surface area contributed by atoms with Gasteiger partial charge in [-0.25, -0.2) is 4.98 Å². The summed E-state index contributed by atoms with van der Waals surface area (Å²) >= 11 is 5.72. The number of halogens is 1. The number of nitrogens with one attached hydrogen (secondary N) is 1. The van der Waals surface area contributed by atoms with Gasteiger partial charge in [-0.05, 0) is 42.8 Å². The second kappa shape index (κ2) is 9.93. The number of anilines is 1. The summed E-state index contributed by atoms with van der Waals surface area (Å²) in [7, 11) is 0. The Morgan fingerprint density at radius 2 is 1.83 bits per heavy atom. The highest BCUT2D eigenvalue weighted by Crippen LogP contribution is 2.15. The SMILES string of the molecule is CCCCCCCOc1ccc(C(=O)Nc2ccc(Cl)nc2)cc1. The van der Waals surface area contributed by atoms with Crippen LogP contribution in [0, 0.1) is 0 Å². The van der Waals surface area contributed by atoms with Gasteiger partial charge in [0.2, 0.25) is 0 Å². The van der Waals surface area contributed by atoms with E-state index in [-0.39, 0.29) is 5.91 Å². The molecule has 1 aromatic heterocycles. The first kappa shape index (κ1) is 18.3. The molecule has 0 spiro atoms. The van der Waals surface area contributed by atoms with Gasteiger partial charge in [0.25, 0.3) is 5.91 Å². The first-order valence-corrected chi connectivity index (χ1v) is 8.72. The number of rotatable bonds is 9. The minimum absolute atomic E-state index is 0.190. The minimum atomic E-state index is -0.190. The molecule has 0 atom stereocenters. The van der Waals surface area contributed by atoms with Crippen molar-refractivity contribution in [3.63, 3.8) is 0 Å². The molecule has 2 rings (SSSR count). The lowest BCUT2D eigenvalue weighted by Crippen LogP contribution is -2.11. The van der Waals surface area contributed by atoms with Crippen LogP contribution in [0.25, 0.3) is 0 Å². The molecule has 0 saturated carbocycles. The highest BCUT2D eigenvalue weighted by molar-refractivity contribution is 6.29. The number of hydrogen-bond donors (Lipinski definition) is 1. The van der Waals surface area contributed by atoms with Crippen LogP contribution >= 0.6 is 11.6 Å². The lowest BCUT2D eigenvalue weighted by molar-refractivity contribution is 0.102. The van der Waals surface area contributed by atoms with Crippen LogP contribution in [0.3, 0.4) is 0 Å². The van der Waals surface area contributed by atoms with E-state index in [0.29, 0.717) is 23.0 Å². The van der Waals surface area contributed by atoms with E-state index < -0.39 is 0 Å². The number of amides is 1. The lowest BCUT2D eigenvalue weighted by Gasteiger charge is -2.08. The van der Waals surface area contributed by atoms with Crippen molar-refractivity contribution < 1.29 is 9.53 Å². The zero-order valence-corrected chi connectivity index (χ0v) is 14.7. The summed E-state index contributed by atoms with van der Waals surface area (Å²) in [6, 6.07) is 10.5. The van der Waals surface area contributed by atoms with Gasteiger partial charge in [-0.15, -0.1) is 0 Å². The molecule has 1 amide bonds. The molecule has 5 heteroatoms. The fraction of sp³-hybridized carbons (Fsp3) is 0.368. The highest BCUT2D eigenvalue weighted by atomic mass is 35.5. The fourth-order valence-corrected chi connectivity index (χ4v) is 2.36. The van der Waals surface area contributed by atoms with Crippen LogP contribution in [0.2, 0.25) is 5.15 Å². The molecule has 0 unspecified atom stereocenters. The number of ether oxygens (including phenoxy) is 1. The summed E-state index contributed by atoms with van der Waals surface area (Å²) in [5.74, 6) is 0.598. The third-order valence-corrected chi connectivity index (χ3v) is 3.84.